The molecule has 0 aliphatic heterocycles. The van der Waals surface area contributed by atoms with Crippen LogP contribution in [0.5, 0.6) is 0 Å². The van der Waals surface area contributed by atoms with Crippen LogP contribution in [-0.2, 0) is 28.8 Å². The molecule has 372 valence electrons. The number of nitrogens with zero attached hydrogens (tertiary/aromatic N) is 3. The van der Waals surface area contributed by atoms with E-state index in [0.29, 0.717) is 6.54 Å². The quantitative estimate of drug-likeness (QED) is 0.0388. The van der Waals surface area contributed by atoms with Crippen LogP contribution in [0.2, 0.25) is 0 Å². The predicted molar refractivity (Wildman–Crippen MR) is 257 cm³/mol. The van der Waals surface area contributed by atoms with Gasteiger partial charge in [0.25, 0.3) is 0 Å². The van der Waals surface area contributed by atoms with E-state index < -0.39 is 30.2 Å². The molecule has 0 aliphatic carbocycles. The lowest BCUT2D eigenvalue weighted by atomic mass is 9.97. The van der Waals surface area contributed by atoms with Gasteiger partial charge in [-0.1, -0.05) is 90.0 Å². The number of nitrogens with two attached hydrogens (primary N) is 14. The topological polar surface area (TPSA) is 504 Å². The SMILES string of the molecule is CC(C)C(=O)C(C)CN.CC(C)C(=O)C(N)CN=C(N)N.CC(C)C(=O)[C@@H](N)CN.CC(C)C(=O)[C@@H](N)CN=C(N)N.CC(C)C(=O)[C@H](N)CN.CC(C)C(=O)[C@H](N)CN=C(N)N. The van der Waals surface area contributed by atoms with E-state index in [4.69, 9.17) is 80.3 Å². The molecule has 63 heavy (non-hydrogen) atoms. The van der Waals surface area contributed by atoms with Crippen molar-refractivity contribution in [3.8, 4) is 0 Å². The molecule has 23 nitrogen and oxygen atoms in total. The Morgan fingerprint density at radius 2 is 0.492 bits per heavy atom. The van der Waals surface area contributed by atoms with Crippen LogP contribution in [0.1, 0.15) is 90.0 Å². The van der Waals surface area contributed by atoms with Gasteiger partial charge < -0.3 is 80.3 Å². The van der Waals surface area contributed by atoms with Crippen molar-refractivity contribution in [2.75, 3.05) is 39.3 Å². The number of hydrogen-bond donors (Lipinski definition) is 14. The third-order valence-electron chi connectivity index (χ3n) is 8.00. The van der Waals surface area contributed by atoms with Crippen LogP contribution in [0.25, 0.3) is 0 Å². The third kappa shape index (κ3) is 42.6. The summed E-state index contributed by atoms with van der Waals surface area (Å²) in [5.41, 5.74) is 73.3. The van der Waals surface area contributed by atoms with Crippen molar-refractivity contribution in [3.63, 3.8) is 0 Å². The van der Waals surface area contributed by atoms with Gasteiger partial charge in [-0.25, -0.2) is 0 Å². The maximum absolute atomic E-state index is 11.2. The van der Waals surface area contributed by atoms with Crippen LogP contribution in [-0.4, -0.2) is 122 Å². The van der Waals surface area contributed by atoms with Crippen molar-refractivity contribution in [1.82, 2.24) is 0 Å². The number of guanidine groups is 3. The van der Waals surface area contributed by atoms with Gasteiger partial charge in [-0.15, -0.1) is 0 Å². The van der Waals surface area contributed by atoms with E-state index in [1.165, 1.54) is 0 Å². The summed E-state index contributed by atoms with van der Waals surface area (Å²) in [5, 5.41) is 0. The minimum atomic E-state index is -0.591. The second kappa shape index (κ2) is 40.3. The Morgan fingerprint density at radius 3 is 0.587 bits per heavy atom. The van der Waals surface area contributed by atoms with Crippen LogP contribution in [0, 0.1) is 41.4 Å². The number of hydrogen-bond acceptors (Lipinski definition) is 17. The van der Waals surface area contributed by atoms with Crippen molar-refractivity contribution in [2.45, 2.75) is 120 Å². The van der Waals surface area contributed by atoms with E-state index in [9.17, 15) is 28.8 Å². The van der Waals surface area contributed by atoms with Crippen LogP contribution in [0.4, 0.5) is 0 Å². The minimum absolute atomic E-state index is 0.00329. The van der Waals surface area contributed by atoms with Crippen LogP contribution in [0.3, 0.4) is 0 Å². The third-order valence-corrected chi connectivity index (χ3v) is 8.00. The lowest BCUT2D eigenvalue weighted by molar-refractivity contribution is -0.125. The zero-order valence-corrected chi connectivity index (χ0v) is 40.5. The molecule has 28 N–H and O–H groups in total. The van der Waals surface area contributed by atoms with Gasteiger partial charge in [0.2, 0.25) is 0 Å². The molecule has 23 heteroatoms. The van der Waals surface area contributed by atoms with E-state index in [2.05, 4.69) is 15.0 Å². The van der Waals surface area contributed by atoms with Crippen molar-refractivity contribution < 1.29 is 28.8 Å². The molecule has 0 radical (unpaired) electrons. The smallest absolute Gasteiger partial charge is 0.185 e. The fourth-order valence-electron chi connectivity index (χ4n) is 3.94. The summed E-state index contributed by atoms with van der Waals surface area (Å²) in [7, 11) is 0. The van der Waals surface area contributed by atoms with Crippen molar-refractivity contribution in [3.05, 3.63) is 0 Å². The Hall–Kier alpha value is -4.49. The molecule has 0 aromatic carbocycles. The van der Waals surface area contributed by atoms with Crippen LogP contribution >= 0.6 is 0 Å². The Morgan fingerprint density at radius 1 is 0.317 bits per heavy atom. The standard InChI is InChI=1S/3C7H16N4O.C7H15NO.2C6H14N2O/c3*1-4(2)6(12)5(8)3-11-7(9)10;1-5(2)7(9)6(3)4-8;2*1-4(2)6(9)5(8)3-7/h3*4-5H,3,8H2,1-2H3,(H4,9,10,11);5-6H,4,8H2,1-3H3;2*4-5H,3,7-8H2,1-2H3/t2*5-;;;2*5-/m10..10/s1. The van der Waals surface area contributed by atoms with Crippen molar-refractivity contribution in [2.24, 2.45) is 137 Å². The zero-order chi connectivity index (χ0) is 51.5. The van der Waals surface area contributed by atoms with Crippen LogP contribution < -0.4 is 80.3 Å². The van der Waals surface area contributed by atoms with E-state index in [-0.39, 0.29) is 127 Å². The molecule has 0 aromatic rings. The number of rotatable bonds is 21. The Bertz CT molecular complexity index is 1210. The van der Waals surface area contributed by atoms with Crippen LogP contribution in [0.15, 0.2) is 15.0 Å². The van der Waals surface area contributed by atoms with E-state index >= 15 is 0 Å². The first-order valence-electron chi connectivity index (χ1n) is 20.9. The fraction of sp³-hybridized carbons (Fsp3) is 0.775. The largest absolute Gasteiger partial charge is 0.370 e. The van der Waals surface area contributed by atoms with Gasteiger partial charge in [-0.05, 0) is 0 Å². The predicted octanol–water partition coefficient (Wildman–Crippen LogP) is -3.76. The molecule has 0 spiro atoms. The normalized spacial score (nSPS) is 13.2. The first-order chi connectivity index (χ1) is 28.6. The highest BCUT2D eigenvalue weighted by Gasteiger charge is 2.19. The molecular weight excluding hydrogens is 815 g/mol. The van der Waals surface area contributed by atoms with Gasteiger partial charge in [-0.2, -0.15) is 0 Å². The number of aliphatic imine (C=N–C) groups is 3. The molecule has 0 amide bonds. The number of Topliss-reactive ketones (excluding diaryl/α,β-unsaturated/α-hetero) is 6. The monoisotopic (exact) mass is 906 g/mol. The van der Waals surface area contributed by atoms with Gasteiger partial charge in [0.1, 0.15) is 5.78 Å². The summed E-state index contributed by atoms with van der Waals surface area (Å²) in [4.78, 5) is 77.2. The average molecular weight is 906 g/mol. The highest BCUT2D eigenvalue weighted by atomic mass is 16.1. The lowest BCUT2D eigenvalue weighted by Crippen LogP contribution is -2.40. The molecular formula is C40H91N17O6. The fourth-order valence-corrected chi connectivity index (χ4v) is 3.94. The average Bonchev–Trinajstić information content (AvgIpc) is 3.21. The molecule has 0 heterocycles. The number of ketones is 6. The molecule has 0 aromatic heterocycles. The van der Waals surface area contributed by atoms with Gasteiger partial charge in [-0.3, -0.25) is 43.7 Å². The zero-order valence-electron chi connectivity index (χ0n) is 40.5. The highest BCUT2D eigenvalue weighted by molar-refractivity contribution is 5.88. The first kappa shape index (κ1) is 70.2. The maximum Gasteiger partial charge on any atom is 0.185 e. The summed E-state index contributed by atoms with van der Waals surface area (Å²) in [6, 6.07) is -2.71. The summed E-state index contributed by atoms with van der Waals surface area (Å²) >= 11 is 0. The minimum Gasteiger partial charge on any atom is -0.370 e. The number of carbonyl (C=O) groups excluding carboxylic acids is 6. The second-order valence-corrected chi connectivity index (χ2v) is 16.3. The summed E-state index contributed by atoms with van der Waals surface area (Å²) in [6.45, 7) is 25.1. The molecule has 0 bridgehead atoms. The Labute approximate surface area is 376 Å². The lowest BCUT2D eigenvalue weighted by Gasteiger charge is -2.09. The van der Waals surface area contributed by atoms with E-state index in [0.717, 1.165) is 0 Å². The molecule has 6 atom stereocenters. The molecule has 0 fully saturated rings. The molecule has 0 aliphatic rings. The summed E-state index contributed by atoms with van der Waals surface area (Å²) in [5.74, 6) is 0.0803. The first-order valence-corrected chi connectivity index (χ1v) is 20.9. The second-order valence-electron chi connectivity index (χ2n) is 16.3. The molecule has 0 saturated carbocycles. The van der Waals surface area contributed by atoms with Crippen molar-refractivity contribution >= 4 is 52.6 Å². The summed E-state index contributed by atoms with van der Waals surface area (Å²) in [6.07, 6.45) is 0. The highest BCUT2D eigenvalue weighted by Crippen LogP contribution is 2.04. The maximum atomic E-state index is 11.2. The van der Waals surface area contributed by atoms with Gasteiger partial charge in [0, 0.05) is 61.1 Å². The Balaban J connectivity index is -0.000000156. The Kier molecular flexibility index (Phi) is 44.9. The van der Waals surface area contributed by atoms with E-state index in [1.807, 2.05) is 48.5 Å². The molecule has 0 rings (SSSR count). The van der Waals surface area contributed by atoms with E-state index in [1.54, 1.807) is 41.5 Å². The molecule has 0 saturated heterocycles. The van der Waals surface area contributed by atoms with Gasteiger partial charge in [0.15, 0.2) is 46.8 Å². The van der Waals surface area contributed by atoms with Gasteiger partial charge >= 0.3 is 0 Å². The van der Waals surface area contributed by atoms with Crippen molar-refractivity contribution in [1.29, 1.82) is 0 Å². The number of carbonyl (C=O) groups is 6. The van der Waals surface area contributed by atoms with Gasteiger partial charge in [0.05, 0.1) is 49.8 Å². The molecule has 2 unspecified atom stereocenters. The summed E-state index contributed by atoms with van der Waals surface area (Å²) < 4.78 is 0.